The minimum absolute atomic E-state index is 0.00553. The van der Waals surface area contributed by atoms with E-state index in [0.717, 1.165) is 12.5 Å². The summed E-state index contributed by atoms with van der Waals surface area (Å²) in [5, 5.41) is 12.3. The van der Waals surface area contributed by atoms with Crippen molar-refractivity contribution in [3.63, 3.8) is 0 Å². The van der Waals surface area contributed by atoms with E-state index in [1.54, 1.807) is 6.07 Å². The van der Waals surface area contributed by atoms with Crippen molar-refractivity contribution in [2.24, 2.45) is 11.8 Å². The predicted molar refractivity (Wildman–Crippen MR) is 62.7 cm³/mol. The fourth-order valence-corrected chi connectivity index (χ4v) is 1.84. The van der Waals surface area contributed by atoms with Gasteiger partial charge >= 0.3 is 0 Å². The lowest BCUT2D eigenvalue weighted by molar-refractivity contribution is 0.0951. The Morgan fingerprint density at radius 1 is 1.62 bits per heavy atom. The molecule has 0 saturated heterocycles. The number of halogens is 1. The van der Waals surface area contributed by atoms with E-state index in [-0.39, 0.29) is 16.7 Å². The van der Waals surface area contributed by atoms with Crippen LogP contribution in [0.5, 0.6) is 5.75 Å². The lowest BCUT2D eigenvalue weighted by atomic mass is 10.2. The maximum absolute atomic E-state index is 11.7. The Morgan fingerprint density at radius 2 is 2.31 bits per heavy atom. The molecule has 1 saturated carbocycles. The van der Waals surface area contributed by atoms with Crippen LogP contribution in [-0.4, -0.2) is 17.6 Å². The van der Waals surface area contributed by atoms with Crippen LogP contribution in [-0.2, 0) is 0 Å². The number of phenolic OH excluding ortho intramolecular Hbond substituents is 1. The van der Waals surface area contributed by atoms with Crippen LogP contribution < -0.4 is 5.32 Å². The van der Waals surface area contributed by atoms with Crippen molar-refractivity contribution >= 4 is 17.5 Å². The van der Waals surface area contributed by atoms with Crippen LogP contribution in [0.25, 0.3) is 0 Å². The van der Waals surface area contributed by atoms with Gasteiger partial charge in [-0.25, -0.2) is 0 Å². The summed E-state index contributed by atoms with van der Waals surface area (Å²) in [6.07, 6.45) is 1.19. The summed E-state index contributed by atoms with van der Waals surface area (Å²) in [5.74, 6) is 1.20. The van der Waals surface area contributed by atoms with Crippen LogP contribution in [0.2, 0.25) is 5.02 Å². The average Bonchev–Trinajstić information content (AvgIpc) is 2.95. The van der Waals surface area contributed by atoms with Crippen LogP contribution in [0.3, 0.4) is 0 Å². The Kier molecular flexibility index (Phi) is 3.06. The molecule has 0 radical (unpaired) electrons. The third-order valence-corrected chi connectivity index (χ3v) is 3.31. The molecule has 2 rings (SSSR count). The third-order valence-electron chi connectivity index (χ3n) is 3.01. The van der Waals surface area contributed by atoms with Crippen LogP contribution in [0.1, 0.15) is 23.7 Å². The molecule has 3 nitrogen and oxygen atoms in total. The van der Waals surface area contributed by atoms with E-state index < -0.39 is 0 Å². The first-order valence-electron chi connectivity index (χ1n) is 5.34. The second kappa shape index (κ2) is 4.34. The molecule has 1 amide bonds. The van der Waals surface area contributed by atoms with Gasteiger partial charge in [0.05, 0.1) is 5.02 Å². The van der Waals surface area contributed by atoms with Crippen molar-refractivity contribution < 1.29 is 9.90 Å². The lowest BCUT2D eigenvalue weighted by Crippen LogP contribution is -2.25. The molecule has 16 heavy (non-hydrogen) atoms. The highest BCUT2D eigenvalue weighted by atomic mass is 35.5. The SMILES string of the molecule is CC1CC1CNC(=O)c1ccc(O)c(Cl)c1. The fourth-order valence-electron chi connectivity index (χ4n) is 1.66. The first-order chi connectivity index (χ1) is 7.58. The largest absolute Gasteiger partial charge is 0.506 e. The van der Waals surface area contributed by atoms with Gasteiger partial charge in [0.15, 0.2) is 0 Å². The molecule has 0 aliphatic heterocycles. The monoisotopic (exact) mass is 239 g/mol. The zero-order valence-electron chi connectivity index (χ0n) is 9.03. The van der Waals surface area contributed by atoms with Crippen LogP contribution >= 0.6 is 11.6 Å². The number of phenols is 1. The highest BCUT2D eigenvalue weighted by Crippen LogP contribution is 2.36. The molecule has 1 aliphatic rings. The molecule has 2 unspecified atom stereocenters. The van der Waals surface area contributed by atoms with Gasteiger partial charge in [0, 0.05) is 12.1 Å². The quantitative estimate of drug-likeness (QED) is 0.851. The van der Waals surface area contributed by atoms with Gasteiger partial charge in [0.1, 0.15) is 5.75 Å². The van der Waals surface area contributed by atoms with Gasteiger partial charge in [-0.3, -0.25) is 4.79 Å². The fraction of sp³-hybridized carbons (Fsp3) is 0.417. The van der Waals surface area contributed by atoms with E-state index in [1.165, 1.54) is 18.6 Å². The average molecular weight is 240 g/mol. The molecule has 2 atom stereocenters. The zero-order valence-corrected chi connectivity index (χ0v) is 9.79. The van der Waals surface area contributed by atoms with Crippen LogP contribution in [0.4, 0.5) is 0 Å². The molecule has 0 aromatic heterocycles. The Balaban J connectivity index is 1.95. The van der Waals surface area contributed by atoms with E-state index in [4.69, 9.17) is 11.6 Å². The van der Waals surface area contributed by atoms with Crippen molar-refractivity contribution in [1.82, 2.24) is 5.32 Å². The normalized spacial score (nSPS) is 22.9. The molecule has 1 aromatic rings. The first kappa shape index (κ1) is 11.3. The van der Waals surface area contributed by atoms with Crippen molar-refractivity contribution in [1.29, 1.82) is 0 Å². The number of carbonyl (C=O) groups is 1. The number of nitrogens with one attached hydrogen (secondary N) is 1. The van der Waals surface area contributed by atoms with Gasteiger partial charge in [0.2, 0.25) is 0 Å². The number of aromatic hydroxyl groups is 1. The third kappa shape index (κ3) is 2.47. The smallest absolute Gasteiger partial charge is 0.251 e. The number of rotatable bonds is 3. The summed E-state index contributed by atoms with van der Waals surface area (Å²) < 4.78 is 0. The van der Waals surface area contributed by atoms with Crippen LogP contribution in [0, 0.1) is 11.8 Å². The maximum atomic E-state index is 11.7. The van der Waals surface area contributed by atoms with Gasteiger partial charge in [-0.15, -0.1) is 0 Å². The highest BCUT2D eigenvalue weighted by Gasteiger charge is 2.32. The number of hydrogen-bond donors (Lipinski definition) is 2. The van der Waals surface area contributed by atoms with E-state index in [2.05, 4.69) is 12.2 Å². The molecule has 1 aromatic carbocycles. The Morgan fingerprint density at radius 3 is 2.88 bits per heavy atom. The molecule has 0 heterocycles. The summed E-state index contributed by atoms with van der Waals surface area (Å²) in [6, 6.07) is 4.46. The van der Waals surface area contributed by atoms with E-state index in [0.29, 0.717) is 11.5 Å². The maximum Gasteiger partial charge on any atom is 0.251 e. The number of benzene rings is 1. The predicted octanol–water partition coefficient (Wildman–Crippen LogP) is 2.43. The van der Waals surface area contributed by atoms with Crippen molar-refractivity contribution in [2.45, 2.75) is 13.3 Å². The summed E-state index contributed by atoms with van der Waals surface area (Å²) in [5.41, 5.74) is 0.483. The zero-order chi connectivity index (χ0) is 11.7. The van der Waals surface area contributed by atoms with Crippen molar-refractivity contribution in [2.75, 3.05) is 6.54 Å². The molecule has 2 N–H and O–H groups in total. The Hall–Kier alpha value is -1.22. The molecular weight excluding hydrogens is 226 g/mol. The Labute approximate surface area is 99.4 Å². The molecule has 0 spiro atoms. The topological polar surface area (TPSA) is 49.3 Å². The second-order valence-electron chi connectivity index (χ2n) is 4.35. The molecule has 86 valence electrons. The van der Waals surface area contributed by atoms with Crippen LogP contribution in [0.15, 0.2) is 18.2 Å². The van der Waals surface area contributed by atoms with Gasteiger partial charge in [0.25, 0.3) is 5.91 Å². The number of carbonyl (C=O) groups excluding carboxylic acids is 1. The van der Waals surface area contributed by atoms with Gasteiger partial charge in [-0.05, 0) is 36.5 Å². The van der Waals surface area contributed by atoms with Crippen molar-refractivity contribution in [3.05, 3.63) is 28.8 Å². The summed E-state index contributed by atoms with van der Waals surface area (Å²) in [6.45, 7) is 2.90. The Bertz CT molecular complexity index is 419. The minimum atomic E-state index is -0.138. The molecule has 4 heteroatoms. The molecule has 1 fully saturated rings. The summed E-state index contributed by atoms with van der Waals surface area (Å²) in [4.78, 5) is 11.7. The van der Waals surface area contributed by atoms with Gasteiger partial charge in [-0.1, -0.05) is 18.5 Å². The van der Waals surface area contributed by atoms with Gasteiger partial charge < -0.3 is 10.4 Å². The van der Waals surface area contributed by atoms with E-state index in [1.807, 2.05) is 0 Å². The molecule has 1 aliphatic carbocycles. The number of hydrogen-bond acceptors (Lipinski definition) is 2. The van der Waals surface area contributed by atoms with Gasteiger partial charge in [-0.2, -0.15) is 0 Å². The number of amides is 1. The second-order valence-corrected chi connectivity index (χ2v) is 4.76. The highest BCUT2D eigenvalue weighted by molar-refractivity contribution is 6.32. The van der Waals surface area contributed by atoms with Crippen molar-refractivity contribution in [3.8, 4) is 5.75 Å². The first-order valence-corrected chi connectivity index (χ1v) is 5.72. The summed E-state index contributed by atoms with van der Waals surface area (Å²) >= 11 is 5.73. The standard InChI is InChI=1S/C12H14ClNO2/c1-7-4-9(7)6-14-12(16)8-2-3-11(15)10(13)5-8/h2-3,5,7,9,15H,4,6H2,1H3,(H,14,16). The van der Waals surface area contributed by atoms with E-state index >= 15 is 0 Å². The van der Waals surface area contributed by atoms with E-state index in [9.17, 15) is 9.90 Å². The lowest BCUT2D eigenvalue weighted by Gasteiger charge is -2.05. The molecule has 0 bridgehead atoms. The summed E-state index contributed by atoms with van der Waals surface area (Å²) in [7, 11) is 0. The minimum Gasteiger partial charge on any atom is -0.506 e. The molecular formula is C12H14ClNO2.